The molecule has 6 nitrogen and oxygen atoms in total. The van der Waals surface area contributed by atoms with Crippen molar-refractivity contribution in [1.82, 2.24) is 8.96 Å². The highest BCUT2D eigenvalue weighted by Crippen LogP contribution is 2.29. The van der Waals surface area contributed by atoms with Gasteiger partial charge in [0, 0.05) is 5.02 Å². The maximum atomic E-state index is 12.6. The Morgan fingerprint density at radius 1 is 1.00 bits per heavy atom. The van der Waals surface area contributed by atoms with Crippen molar-refractivity contribution in [2.45, 2.75) is 11.1 Å². The fraction of sp³-hybridized carbons (Fsp3) is 0.0667. The van der Waals surface area contributed by atoms with E-state index in [-0.39, 0.29) is 19.9 Å². The second kappa shape index (κ2) is 5.99. The SMILES string of the molecule is O=c1[nH]c2cc(Cl)ccc2c(=O)n1S(=O)(=O)c1ccc(C(F)(F)F)cc1. The average molecular weight is 405 g/mol. The van der Waals surface area contributed by atoms with E-state index in [4.69, 9.17) is 11.6 Å². The Labute approximate surface area is 148 Å². The zero-order chi connectivity index (χ0) is 19.3. The number of rotatable bonds is 2. The zero-order valence-corrected chi connectivity index (χ0v) is 14.1. The maximum absolute atomic E-state index is 12.6. The molecule has 0 unspecified atom stereocenters. The van der Waals surface area contributed by atoms with Crippen LogP contribution in [0.1, 0.15) is 5.56 Å². The summed E-state index contributed by atoms with van der Waals surface area (Å²) < 4.78 is 62.9. The van der Waals surface area contributed by atoms with Gasteiger partial charge in [-0.15, -0.1) is 3.97 Å². The van der Waals surface area contributed by atoms with E-state index >= 15 is 0 Å². The molecule has 136 valence electrons. The molecule has 1 N–H and O–H groups in total. The lowest BCUT2D eigenvalue weighted by atomic mass is 10.2. The van der Waals surface area contributed by atoms with Crippen LogP contribution in [0.25, 0.3) is 10.9 Å². The number of aromatic nitrogens is 2. The third-order valence-electron chi connectivity index (χ3n) is 3.54. The first-order valence-corrected chi connectivity index (χ1v) is 8.71. The van der Waals surface area contributed by atoms with Crippen LogP contribution in [-0.4, -0.2) is 17.4 Å². The van der Waals surface area contributed by atoms with Crippen molar-refractivity contribution in [3.05, 3.63) is 73.9 Å². The number of H-pyrrole nitrogens is 1. The van der Waals surface area contributed by atoms with E-state index in [1.165, 1.54) is 18.2 Å². The molecule has 1 aromatic heterocycles. The van der Waals surface area contributed by atoms with Gasteiger partial charge < -0.3 is 4.98 Å². The Morgan fingerprint density at radius 2 is 1.62 bits per heavy atom. The summed E-state index contributed by atoms with van der Waals surface area (Å²) in [6, 6.07) is 6.29. The van der Waals surface area contributed by atoms with Gasteiger partial charge in [-0.2, -0.15) is 13.2 Å². The largest absolute Gasteiger partial charge is 0.416 e. The molecule has 3 rings (SSSR count). The first-order valence-electron chi connectivity index (χ1n) is 6.89. The minimum atomic E-state index is -4.70. The Bertz CT molecular complexity index is 1230. The number of benzene rings is 2. The van der Waals surface area contributed by atoms with Crippen LogP contribution in [0.5, 0.6) is 0 Å². The molecule has 0 saturated carbocycles. The smallest absolute Gasteiger partial charge is 0.306 e. The normalized spacial score (nSPS) is 12.5. The highest BCUT2D eigenvalue weighted by molar-refractivity contribution is 7.90. The fourth-order valence-electron chi connectivity index (χ4n) is 2.31. The van der Waals surface area contributed by atoms with Crippen molar-refractivity contribution in [2.24, 2.45) is 0 Å². The van der Waals surface area contributed by atoms with Gasteiger partial charge in [-0.25, -0.2) is 13.2 Å². The predicted molar refractivity (Wildman–Crippen MR) is 87.9 cm³/mol. The van der Waals surface area contributed by atoms with Gasteiger partial charge in [0.2, 0.25) is 0 Å². The lowest BCUT2D eigenvalue weighted by Crippen LogP contribution is -2.40. The van der Waals surface area contributed by atoms with Gasteiger partial charge in [0.15, 0.2) is 0 Å². The van der Waals surface area contributed by atoms with Crippen LogP contribution in [0.4, 0.5) is 13.2 Å². The van der Waals surface area contributed by atoms with E-state index in [1.54, 1.807) is 0 Å². The van der Waals surface area contributed by atoms with E-state index in [1.807, 2.05) is 0 Å². The Balaban J connectivity index is 2.24. The zero-order valence-electron chi connectivity index (χ0n) is 12.5. The van der Waals surface area contributed by atoms with Gasteiger partial charge in [0.1, 0.15) is 0 Å². The summed E-state index contributed by atoms with van der Waals surface area (Å²) >= 11 is 5.76. The molecule has 0 aliphatic heterocycles. The summed E-state index contributed by atoms with van der Waals surface area (Å²) in [5.74, 6) is 0. The summed E-state index contributed by atoms with van der Waals surface area (Å²) in [5, 5.41) is 0.0976. The van der Waals surface area contributed by atoms with Crippen LogP contribution in [0.3, 0.4) is 0 Å². The molecule has 0 fully saturated rings. The predicted octanol–water partition coefficient (Wildman–Crippen LogP) is 2.60. The molecule has 0 saturated heterocycles. The quantitative estimate of drug-likeness (QED) is 0.711. The topological polar surface area (TPSA) is 89.0 Å². The Kier molecular flexibility index (Phi) is 4.20. The van der Waals surface area contributed by atoms with E-state index < -0.39 is 37.9 Å². The van der Waals surface area contributed by atoms with E-state index in [2.05, 4.69) is 4.98 Å². The number of aromatic amines is 1. The summed E-state index contributed by atoms with van der Waals surface area (Å²) in [4.78, 5) is 26.1. The minimum Gasteiger partial charge on any atom is -0.306 e. The number of nitrogens with zero attached hydrogens (tertiary/aromatic N) is 1. The summed E-state index contributed by atoms with van der Waals surface area (Å²) in [6.07, 6.45) is -4.65. The maximum Gasteiger partial charge on any atom is 0.416 e. The third-order valence-corrected chi connectivity index (χ3v) is 5.46. The Morgan fingerprint density at radius 3 is 2.19 bits per heavy atom. The van der Waals surface area contributed by atoms with Crippen molar-refractivity contribution in [1.29, 1.82) is 0 Å². The van der Waals surface area contributed by atoms with Gasteiger partial charge in [-0.3, -0.25) is 4.79 Å². The number of hydrogen-bond acceptors (Lipinski definition) is 4. The van der Waals surface area contributed by atoms with Gasteiger partial charge in [0.05, 0.1) is 21.4 Å². The van der Waals surface area contributed by atoms with Gasteiger partial charge in [0.25, 0.3) is 15.6 Å². The van der Waals surface area contributed by atoms with Crippen molar-refractivity contribution >= 4 is 32.5 Å². The molecule has 0 spiro atoms. The molecule has 0 aliphatic rings. The summed E-state index contributed by atoms with van der Waals surface area (Å²) in [5.41, 5.74) is -3.43. The second-order valence-corrected chi connectivity index (χ2v) is 7.44. The second-order valence-electron chi connectivity index (χ2n) is 5.22. The first kappa shape index (κ1) is 18.2. The lowest BCUT2D eigenvalue weighted by Gasteiger charge is -2.10. The number of alkyl halides is 3. The van der Waals surface area contributed by atoms with E-state index in [9.17, 15) is 31.2 Å². The van der Waals surface area contributed by atoms with Crippen molar-refractivity contribution in [2.75, 3.05) is 0 Å². The van der Waals surface area contributed by atoms with Crippen LogP contribution in [0.2, 0.25) is 5.02 Å². The molecule has 0 aliphatic carbocycles. The molecule has 3 aromatic rings. The van der Waals surface area contributed by atoms with Gasteiger partial charge >= 0.3 is 11.9 Å². The average Bonchev–Trinajstić information content (AvgIpc) is 2.53. The van der Waals surface area contributed by atoms with Crippen LogP contribution in [0.15, 0.2) is 56.9 Å². The molecule has 0 radical (unpaired) electrons. The summed E-state index contributed by atoms with van der Waals surface area (Å²) in [6.45, 7) is 0. The van der Waals surface area contributed by atoms with Crippen molar-refractivity contribution in [3.63, 3.8) is 0 Å². The molecule has 11 heteroatoms. The molecule has 2 aromatic carbocycles. The molecular weight excluding hydrogens is 397 g/mol. The van der Waals surface area contributed by atoms with Crippen molar-refractivity contribution in [3.8, 4) is 0 Å². The first-order chi connectivity index (χ1) is 12.0. The monoisotopic (exact) mass is 404 g/mol. The number of fused-ring (bicyclic) bond motifs is 1. The van der Waals surface area contributed by atoms with Crippen LogP contribution >= 0.6 is 11.6 Å². The van der Waals surface area contributed by atoms with Crippen LogP contribution < -0.4 is 11.2 Å². The fourth-order valence-corrected chi connectivity index (χ4v) is 3.76. The van der Waals surface area contributed by atoms with E-state index in [0.29, 0.717) is 24.3 Å². The standard InChI is InChI=1S/C15H8ClF3N2O4S/c16-9-3-6-11-12(7-9)20-14(23)21(13(11)22)26(24,25)10-4-1-8(2-5-10)15(17,18)19/h1-7H,(H,20,23). The molecule has 0 atom stereocenters. The number of halogens is 4. The molecule has 1 heterocycles. The molecule has 26 heavy (non-hydrogen) atoms. The lowest BCUT2D eigenvalue weighted by molar-refractivity contribution is -0.137. The highest BCUT2D eigenvalue weighted by atomic mass is 35.5. The van der Waals surface area contributed by atoms with Gasteiger partial charge in [-0.1, -0.05) is 11.6 Å². The van der Waals surface area contributed by atoms with Gasteiger partial charge in [-0.05, 0) is 42.5 Å². The van der Waals surface area contributed by atoms with E-state index in [0.717, 1.165) is 0 Å². The molecular formula is C15H8ClF3N2O4S. The van der Waals surface area contributed by atoms with Crippen LogP contribution in [0, 0.1) is 0 Å². The number of nitrogens with one attached hydrogen (secondary N) is 1. The van der Waals surface area contributed by atoms with Crippen molar-refractivity contribution < 1.29 is 21.6 Å². The summed E-state index contributed by atoms with van der Waals surface area (Å²) in [7, 11) is -4.70. The molecule has 0 bridgehead atoms. The third kappa shape index (κ3) is 3.01. The molecule has 0 amide bonds. The highest BCUT2D eigenvalue weighted by Gasteiger charge is 2.31. The minimum absolute atomic E-state index is 0.0337. The van der Waals surface area contributed by atoms with Crippen LogP contribution in [-0.2, 0) is 16.2 Å². The Hall–Kier alpha value is -2.59. The number of hydrogen-bond donors (Lipinski definition) is 1.